The number of methoxy groups -OCH3 is 1. The number of rotatable bonds is 7. The van der Waals surface area contributed by atoms with Gasteiger partial charge in [0.2, 0.25) is 0 Å². The molecule has 2 aliphatic heterocycles. The number of alkyl halides is 2. The molecule has 1 fully saturated rings. The van der Waals surface area contributed by atoms with Crippen molar-refractivity contribution in [1.29, 1.82) is 0 Å². The van der Waals surface area contributed by atoms with E-state index in [-0.39, 0.29) is 30.9 Å². The molecule has 8 nitrogen and oxygen atoms in total. The lowest BCUT2D eigenvalue weighted by molar-refractivity contribution is -0.141. The van der Waals surface area contributed by atoms with Crippen molar-refractivity contribution in [3.8, 4) is 0 Å². The normalized spacial score (nSPS) is 19.8. The molecule has 1 aromatic carbocycles. The fourth-order valence-electron chi connectivity index (χ4n) is 3.97. The van der Waals surface area contributed by atoms with Crippen LogP contribution in [0.25, 0.3) is 0 Å². The van der Waals surface area contributed by atoms with Gasteiger partial charge in [-0.15, -0.1) is 11.3 Å². The molecule has 2 unspecified atom stereocenters. The van der Waals surface area contributed by atoms with E-state index < -0.39 is 42.8 Å². The summed E-state index contributed by atoms with van der Waals surface area (Å²) in [6.45, 7) is 1.07. The number of thiazole rings is 1. The van der Waals surface area contributed by atoms with E-state index in [1.165, 1.54) is 42.4 Å². The van der Waals surface area contributed by atoms with Crippen molar-refractivity contribution in [1.82, 2.24) is 15.2 Å². The minimum absolute atomic E-state index is 0.0292. The lowest BCUT2D eigenvalue weighted by atomic mass is 9.99. The van der Waals surface area contributed by atoms with Crippen LogP contribution in [0.1, 0.15) is 24.8 Å². The molecular formula is C24H26ClF3N4O4S. The van der Waals surface area contributed by atoms with Crippen molar-refractivity contribution in [3.05, 3.63) is 63.0 Å². The van der Waals surface area contributed by atoms with Gasteiger partial charge in [-0.3, -0.25) is 14.7 Å². The predicted molar refractivity (Wildman–Crippen MR) is 133 cm³/mol. The molecular weight excluding hydrogens is 533 g/mol. The molecule has 37 heavy (non-hydrogen) atoms. The summed E-state index contributed by atoms with van der Waals surface area (Å²) in [4.78, 5) is 33.4. The second kappa shape index (κ2) is 12.5. The quantitative estimate of drug-likeness (QED) is 0.490. The molecule has 2 aromatic rings. The highest BCUT2D eigenvalue weighted by Crippen LogP contribution is 2.35. The zero-order valence-corrected chi connectivity index (χ0v) is 21.7. The van der Waals surface area contributed by atoms with Gasteiger partial charge in [0.1, 0.15) is 5.82 Å². The zero-order chi connectivity index (χ0) is 27.2. The summed E-state index contributed by atoms with van der Waals surface area (Å²) in [6, 6.07) is 5.20. The highest BCUT2D eigenvalue weighted by atomic mass is 35.5. The molecule has 2 aliphatic rings. The van der Waals surface area contributed by atoms with Gasteiger partial charge < -0.3 is 15.2 Å². The Morgan fingerprint density at radius 2 is 2.16 bits per heavy atom. The van der Waals surface area contributed by atoms with E-state index in [9.17, 15) is 22.8 Å². The summed E-state index contributed by atoms with van der Waals surface area (Å²) in [7, 11) is 1.24. The van der Waals surface area contributed by atoms with Crippen LogP contribution < -0.4 is 5.32 Å². The first-order chi connectivity index (χ1) is 17.5. The standard InChI is InChI=1S/C18H22F2N4O4S.C6H4ClF/c1-10(16(25)26)5-11-6-18(19,20)9-24(11)8-13-12(17(27)28-2)7-22-14(23-13)15-21-3-4-29-15;7-5-2-1-3-6(8)4-5/h3-4,10-11H,5-9H2,1-2H3,(H,22,23)(H,25,26);1-4H. The topological polar surface area (TPSA) is 104 Å². The number of hydrogen-bond donors (Lipinski definition) is 2. The monoisotopic (exact) mass is 558 g/mol. The Balaban J connectivity index is 0.000000405. The molecule has 13 heteroatoms. The lowest BCUT2D eigenvalue weighted by Crippen LogP contribution is -2.41. The van der Waals surface area contributed by atoms with Gasteiger partial charge in [-0.25, -0.2) is 22.9 Å². The molecule has 0 spiro atoms. The highest BCUT2D eigenvalue weighted by Gasteiger charge is 2.46. The lowest BCUT2D eigenvalue weighted by Gasteiger charge is -2.29. The third-order valence-electron chi connectivity index (χ3n) is 5.78. The summed E-state index contributed by atoms with van der Waals surface area (Å²) >= 11 is 6.76. The van der Waals surface area contributed by atoms with Gasteiger partial charge in [0.05, 0.1) is 31.7 Å². The van der Waals surface area contributed by atoms with Crippen molar-refractivity contribution in [2.75, 3.05) is 26.7 Å². The van der Waals surface area contributed by atoms with Crippen LogP contribution in [0.5, 0.6) is 0 Å². The molecule has 1 aromatic heterocycles. The van der Waals surface area contributed by atoms with Gasteiger partial charge in [0.15, 0.2) is 10.8 Å². The second-order valence-electron chi connectivity index (χ2n) is 8.61. The zero-order valence-electron chi connectivity index (χ0n) is 20.1. The van der Waals surface area contributed by atoms with Gasteiger partial charge in [-0.1, -0.05) is 24.6 Å². The molecule has 0 saturated carbocycles. The average Bonchev–Trinajstić information content (AvgIpc) is 3.46. The molecule has 4 rings (SSSR count). The second-order valence-corrected chi connectivity index (χ2v) is 9.94. The highest BCUT2D eigenvalue weighted by molar-refractivity contribution is 7.11. The number of benzene rings is 1. The Hall–Kier alpha value is -2.96. The van der Waals surface area contributed by atoms with Crippen LogP contribution in [0.15, 0.2) is 52.1 Å². The van der Waals surface area contributed by atoms with Crippen molar-refractivity contribution in [2.45, 2.75) is 31.7 Å². The van der Waals surface area contributed by atoms with Crippen LogP contribution in [-0.2, 0) is 14.3 Å². The van der Waals surface area contributed by atoms with Gasteiger partial charge in [0, 0.05) is 41.3 Å². The van der Waals surface area contributed by atoms with Crippen LogP contribution >= 0.6 is 22.9 Å². The number of likely N-dealkylation sites (tertiary alicyclic amines) is 1. The maximum atomic E-state index is 14.1. The fraction of sp³-hybridized carbons (Fsp3) is 0.417. The van der Waals surface area contributed by atoms with E-state index in [1.54, 1.807) is 23.7 Å². The third-order valence-corrected chi connectivity index (χ3v) is 6.79. The number of esters is 1. The number of carbonyl (C=O) groups excluding carboxylic acids is 1. The summed E-state index contributed by atoms with van der Waals surface area (Å²) < 4.78 is 45.1. The van der Waals surface area contributed by atoms with Crippen molar-refractivity contribution >= 4 is 40.7 Å². The van der Waals surface area contributed by atoms with E-state index in [0.717, 1.165) is 0 Å². The first-order valence-corrected chi connectivity index (χ1v) is 12.5. The molecule has 1 saturated heterocycles. The summed E-state index contributed by atoms with van der Waals surface area (Å²) in [5.74, 6) is -5.12. The van der Waals surface area contributed by atoms with E-state index in [0.29, 0.717) is 21.6 Å². The number of aliphatic carboxylic acids is 1. The van der Waals surface area contributed by atoms with E-state index in [1.807, 2.05) is 0 Å². The largest absolute Gasteiger partial charge is 0.481 e. The number of nitrogens with one attached hydrogen (secondary N) is 1. The smallest absolute Gasteiger partial charge is 0.337 e. The number of hydrogen-bond acceptors (Lipinski definition) is 8. The summed E-state index contributed by atoms with van der Waals surface area (Å²) in [5.41, 5.74) is 0.677. The molecule has 200 valence electrons. The van der Waals surface area contributed by atoms with Crippen LogP contribution in [0.2, 0.25) is 5.02 Å². The first-order valence-electron chi connectivity index (χ1n) is 11.3. The molecule has 3 heterocycles. The number of carbonyl (C=O) groups is 2. The third kappa shape index (κ3) is 8.01. The number of ether oxygens (including phenoxy) is 1. The van der Waals surface area contributed by atoms with Crippen molar-refractivity contribution in [3.63, 3.8) is 0 Å². The number of amidine groups is 1. The van der Waals surface area contributed by atoms with Gasteiger partial charge >= 0.3 is 11.9 Å². The maximum Gasteiger partial charge on any atom is 0.337 e. The summed E-state index contributed by atoms with van der Waals surface area (Å²) in [6.07, 6.45) is 1.30. The minimum atomic E-state index is -2.92. The van der Waals surface area contributed by atoms with E-state index >= 15 is 0 Å². The van der Waals surface area contributed by atoms with Crippen molar-refractivity contribution in [2.24, 2.45) is 10.9 Å². The molecule has 0 bridgehead atoms. The Bertz CT molecular complexity index is 1160. The summed E-state index contributed by atoms with van der Waals surface area (Å²) in [5, 5.41) is 15.0. The van der Waals surface area contributed by atoms with Crippen LogP contribution in [0, 0.1) is 11.7 Å². The van der Waals surface area contributed by atoms with Crippen LogP contribution in [-0.4, -0.2) is 71.5 Å². The van der Waals surface area contributed by atoms with Gasteiger partial charge in [-0.05, 0) is 24.6 Å². The Kier molecular flexibility index (Phi) is 9.68. The van der Waals surface area contributed by atoms with Crippen LogP contribution in [0.4, 0.5) is 13.2 Å². The number of aliphatic imine (C=N–C) groups is 1. The van der Waals surface area contributed by atoms with Gasteiger partial charge in [-0.2, -0.15) is 0 Å². The SMILES string of the molecule is COC(=O)C1=C(CN2CC(F)(F)CC2CC(C)C(=O)O)NC(c2nccs2)=NC1.Fc1cccc(Cl)c1. The molecule has 2 N–H and O–H groups in total. The fourth-order valence-corrected chi connectivity index (χ4v) is 4.75. The molecule has 0 aliphatic carbocycles. The number of nitrogens with zero attached hydrogens (tertiary/aromatic N) is 3. The number of carboxylic acids is 1. The van der Waals surface area contributed by atoms with E-state index in [2.05, 4.69) is 15.3 Å². The van der Waals surface area contributed by atoms with Gasteiger partial charge in [0.25, 0.3) is 5.92 Å². The van der Waals surface area contributed by atoms with E-state index in [4.69, 9.17) is 21.4 Å². The predicted octanol–water partition coefficient (Wildman–Crippen LogP) is 4.22. The molecule has 2 atom stereocenters. The minimum Gasteiger partial charge on any atom is -0.481 e. The van der Waals surface area contributed by atoms with Crippen LogP contribution in [0.3, 0.4) is 0 Å². The Morgan fingerprint density at radius 3 is 2.73 bits per heavy atom. The Labute approximate surface area is 220 Å². The van der Waals surface area contributed by atoms with Crippen molar-refractivity contribution < 1.29 is 32.6 Å². The average molecular weight is 559 g/mol. The molecule has 0 amide bonds. The maximum absolute atomic E-state index is 14.1. The number of carboxylic acid groups (broad SMARTS) is 1. The number of halogens is 4. The molecule has 0 radical (unpaired) electrons. The number of aromatic nitrogens is 1. The first kappa shape index (κ1) is 28.6. The Morgan fingerprint density at radius 1 is 1.41 bits per heavy atom.